The highest BCUT2D eigenvalue weighted by Gasteiger charge is 2.33. The summed E-state index contributed by atoms with van der Waals surface area (Å²) in [5.74, 6) is 1.53. The fourth-order valence-corrected chi connectivity index (χ4v) is 3.64. The Morgan fingerprint density at radius 3 is 2.89 bits per heavy atom. The van der Waals surface area contributed by atoms with Crippen molar-refractivity contribution in [1.29, 1.82) is 0 Å². The van der Waals surface area contributed by atoms with E-state index in [2.05, 4.69) is 29.1 Å². The molecule has 1 saturated heterocycles. The van der Waals surface area contributed by atoms with Crippen molar-refractivity contribution in [3.05, 3.63) is 53.7 Å². The van der Waals surface area contributed by atoms with Gasteiger partial charge in [-0.05, 0) is 45.7 Å². The molecule has 0 aliphatic carbocycles. The maximum Gasteiger partial charge on any atom is 0.254 e. The Balaban J connectivity index is 1.63. The number of amides is 1. The molecule has 1 amide bonds. The molecule has 0 radical (unpaired) electrons. The summed E-state index contributed by atoms with van der Waals surface area (Å²) in [4.78, 5) is 19.5. The van der Waals surface area contributed by atoms with Crippen molar-refractivity contribution in [2.24, 2.45) is 0 Å². The summed E-state index contributed by atoms with van der Waals surface area (Å²) < 4.78 is 7.28. The van der Waals surface area contributed by atoms with Crippen molar-refractivity contribution >= 4 is 5.91 Å². The second-order valence-corrected chi connectivity index (χ2v) is 7.23. The Kier molecular flexibility index (Phi) is 4.51. The number of hydrogen-bond donors (Lipinski definition) is 0. The predicted octanol–water partition coefficient (Wildman–Crippen LogP) is 3.80. The molecule has 0 saturated carbocycles. The zero-order valence-corrected chi connectivity index (χ0v) is 15.8. The monoisotopic (exact) mass is 365 g/mol. The molecule has 1 fully saturated rings. The SMILES string of the molecule is Cc1cc(C2CCCN2C(=O)c2cccc(-c3ncnn3C(C)C)c2)on1. The van der Waals surface area contributed by atoms with Gasteiger partial charge in [-0.15, -0.1) is 0 Å². The van der Waals surface area contributed by atoms with Gasteiger partial charge in [-0.1, -0.05) is 17.3 Å². The Labute approximate surface area is 158 Å². The maximum absolute atomic E-state index is 13.2. The molecule has 27 heavy (non-hydrogen) atoms. The average Bonchev–Trinajstić information content (AvgIpc) is 3.40. The van der Waals surface area contributed by atoms with E-state index in [0.717, 1.165) is 42.2 Å². The zero-order chi connectivity index (χ0) is 19.0. The van der Waals surface area contributed by atoms with Crippen LogP contribution in [0.3, 0.4) is 0 Å². The summed E-state index contributed by atoms with van der Waals surface area (Å²) in [6, 6.07) is 9.65. The van der Waals surface area contributed by atoms with Crippen LogP contribution in [0.25, 0.3) is 11.4 Å². The zero-order valence-electron chi connectivity index (χ0n) is 15.8. The Morgan fingerprint density at radius 1 is 1.30 bits per heavy atom. The molecule has 3 heterocycles. The van der Waals surface area contributed by atoms with Crippen molar-refractivity contribution in [2.75, 3.05) is 6.54 Å². The molecular weight excluding hydrogens is 342 g/mol. The first-order chi connectivity index (χ1) is 13.0. The quantitative estimate of drug-likeness (QED) is 0.703. The third-order valence-corrected chi connectivity index (χ3v) is 4.92. The highest BCUT2D eigenvalue weighted by Crippen LogP contribution is 2.34. The van der Waals surface area contributed by atoms with Crippen molar-refractivity contribution in [3.8, 4) is 11.4 Å². The first-order valence-electron chi connectivity index (χ1n) is 9.28. The molecule has 1 aromatic carbocycles. The second kappa shape index (κ2) is 6.98. The molecule has 0 bridgehead atoms. The third-order valence-electron chi connectivity index (χ3n) is 4.92. The first kappa shape index (κ1) is 17.5. The molecule has 0 spiro atoms. The molecule has 1 aliphatic rings. The Morgan fingerprint density at radius 2 is 2.15 bits per heavy atom. The number of aromatic nitrogens is 4. The molecule has 1 aliphatic heterocycles. The van der Waals surface area contributed by atoms with Gasteiger partial charge < -0.3 is 9.42 Å². The fourth-order valence-electron chi connectivity index (χ4n) is 3.64. The second-order valence-electron chi connectivity index (χ2n) is 7.23. The first-order valence-corrected chi connectivity index (χ1v) is 9.28. The van der Waals surface area contributed by atoms with Crippen LogP contribution in [0.15, 0.2) is 41.2 Å². The van der Waals surface area contributed by atoms with E-state index < -0.39 is 0 Å². The summed E-state index contributed by atoms with van der Waals surface area (Å²) in [6.07, 6.45) is 3.39. The third kappa shape index (κ3) is 3.25. The summed E-state index contributed by atoms with van der Waals surface area (Å²) in [7, 11) is 0. The van der Waals surface area contributed by atoms with Crippen molar-refractivity contribution in [1.82, 2.24) is 24.8 Å². The molecule has 1 atom stereocenters. The molecule has 4 rings (SSSR count). The van der Waals surface area contributed by atoms with Crippen LogP contribution in [-0.4, -0.2) is 37.3 Å². The van der Waals surface area contributed by atoms with Gasteiger partial charge >= 0.3 is 0 Å². The van der Waals surface area contributed by atoms with Gasteiger partial charge in [0, 0.05) is 29.8 Å². The molecule has 140 valence electrons. The predicted molar refractivity (Wildman–Crippen MR) is 100 cm³/mol. The summed E-state index contributed by atoms with van der Waals surface area (Å²) in [6.45, 7) is 6.72. The standard InChI is InChI=1S/C20H23N5O2/c1-13(2)25-19(21-12-22-25)15-6-4-7-16(11-15)20(26)24-9-5-8-17(24)18-10-14(3)23-27-18/h4,6-7,10-13,17H,5,8-9H2,1-3H3. The number of carbonyl (C=O) groups is 1. The van der Waals surface area contributed by atoms with E-state index in [0.29, 0.717) is 5.56 Å². The number of carbonyl (C=O) groups excluding carboxylic acids is 1. The molecule has 2 aromatic heterocycles. The van der Waals surface area contributed by atoms with Gasteiger partial charge in [-0.2, -0.15) is 5.10 Å². The normalized spacial score (nSPS) is 17.0. The molecular formula is C20H23N5O2. The van der Waals surface area contributed by atoms with Gasteiger partial charge in [0.25, 0.3) is 5.91 Å². The summed E-state index contributed by atoms with van der Waals surface area (Å²) >= 11 is 0. The topological polar surface area (TPSA) is 77.0 Å². The van der Waals surface area contributed by atoms with E-state index in [1.807, 2.05) is 46.8 Å². The Bertz CT molecular complexity index is 959. The minimum atomic E-state index is -0.0540. The largest absolute Gasteiger partial charge is 0.359 e. The van der Waals surface area contributed by atoms with Gasteiger partial charge in [-0.3, -0.25) is 4.79 Å². The lowest BCUT2D eigenvalue weighted by molar-refractivity contribution is 0.0714. The van der Waals surface area contributed by atoms with Gasteiger partial charge in [0.05, 0.1) is 11.7 Å². The minimum absolute atomic E-state index is 0.00372. The van der Waals surface area contributed by atoms with Crippen molar-refractivity contribution in [2.45, 2.75) is 45.7 Å². The van der Waals surface area contributed by atoms with Crippen LogP contribution in [0.5, 0.6) is 0 Å². The van der Waals surface area contributed by atoms with E-state index in [9.17, 15) is 4.79 Å². The molecule has 3 aromatic rings. The number of hydrogen-bond acceptors (Lipinski definition) is 5. The van der Waals surface area contributed by atoms with Crippen LogP contribution in [0.4, 0.5) is 0 Å². The highest BCUT2D eigenvalue weighted by molar-refractivity contribution is 5.95. The number of aryl methyl sites for hydroxylation is 1. The number of nitrogens with zero attached hydrogens (tertiary/aromatic N) is 5. The smallest absolute Gasteiger partial charge is 0.254 e. The van der Waals surface area contributed by atoms with Crippen LogP contribution in [0.1, 0.15) is 60.6 Å². The number of rotatable bonds is 4. The lowest BCUT2D eigenvalue weighted by Crippen LogP contribution is -2.30. The summed E-state index contributed by atoms with van der Waals surface area (Å²) in [5.41, 5.74) is 2.37. The van der Waals surface area contributed by atoms with Crippen LogP contribution in [-0.2, 0) is 0 Å². The van der Waals surface area contributed by atoms with Crippen molar-refractivity contribution in [3.63, 3.8) is 0 Å². The van der Waals surface area contributed by atoms with E-state index in [1.54, 1.807) is 6.33 Å². The minimum Gasteiger partial charge on any atom is -0.359 e. The van der Waals surface area contributed by atoms with Gasteiger partial charge in [0.15, 0.2) is 11.6 Å². The van der Waals surface area contributed by atoms with Crippen LogP contribution in [0, 0.1) is 6.92 Å². The van der Waals surface area contributed by atoms with E-state index >= 15 is 0 Å². The van der Waals surface area contributed by atoms with Crippen LogP contribution < -0.4 is 0 Å². The molecule has 7 nitrogen and oxygen atoms in total. The lowest BCUT2D eigenvalue weighted by atomic mass is 10.1. The van der Waals surface area contributed by atoms with E-state index in [1.165, 1.54) is 0 Å². The maximum atomic E-state index is 13.2. The van der Waals surface area contributed by atoms with E-state index in [-0.39, 0.29) is 18.0 Å². The highest BCUT2D eigenvalue weighted by atomic mass is 16.5. The van der Waals surface area contributed by atoms with Crippen molar-refractivity contribution < 1.29 is 9.32 Å². The fraction of sp³-hybridized carbons (Fsp3) is 0.400. The molecule has 0 N–H and O–H groups in total. The molecule has 7 heteroatoms. The van der Waals surface area contributed by atoms with E-state index in [4.69, 9.17) is 4.52 Å². The summed E-state index contributed by atoms with van der Waals surface area (Å²) in [5, 5.41) is 8.26. The van der Waals surface area contributed by atoms with Gasteiger partial charge in [0.2, 0.25) is 0 Å². The van der Waals surface area contributed by atoms with Gasteiger partial charge in [-0.25, -0.2) is 9.67 Å². The number of likely N-dealkylation sites (tertiary alicyclic amines) is 1. The average molecular weight is 365 g/mol. The number of benzene rings is 1. The Hall–Kier alpha value is -2.96. The van der Waals surface area contributed by atoms with Crippen LogP contribution >= 0.6 is 0 Å². The molecule has 1 unspecified atom stereocenters. The van der Waals surface area contributed by atoms with Gasteiger partial charge in [0.1, 0.15) is 6.33 Å². The lowest BCUT2D eigenvalue weighted by Gasteiger charge is -2.23. The van der Waals surface area contributed by atoms with Crippen LogP contribution in [0.2, 0.25) is 0 Å².